The van der Waals surface area contributed by atoms with E-state index in [9.17, 15) is 4.79 Å². The van der Waals surface area contributed by atoms with E-state index in [4.69, 9.17) is 5.11 Å². The van der Waals surface area contributed by atoms with Gasteiger partial charge < -0.3 is 5.11 Å². The topological polar surface area (TPSA) is 67.5 Å². The molecule has 0 atom stereocenters. The van der Waals surface area contributed by atoms with E-state index in [2.05, 4.69) is 26.0 Å². The van der Waals surface area contributed by atoms with E-state index in [0.717, 1.165) is 18.5 Å². The van der Waals surface area contributed by atoms with Crippen LogP contribution in [-0.4, -0.2) is 25.7 Å². The van der Waals surface area contributed by atoms with Crippen LogP contribution in [0.5, 0.6) is 0 Å². The molecule has 0 aliphatic heterocycles. The third-order valence-corrected chi connectivity index (χ3v) is 3.27. The highest BCUT2D eigenvalue weighted by molar-refractivity contribution is 9.10. The molecule has 0 unspecified atom stereocenters. The average molecular weight is 282 g/mol. The maximum absolute atomic E-state index is 11.1. The summed E-state index contributed by atoms with van der Waals surface area (Å²) in [6, 6.07) is 1.90. The van der Waals surface area contributed by atoms with E-state index < -0.39 is 5.97 Å². The molecule has 1 fully saturated rings. The van der Waals surface area contributed by atoms with Crippen LogP contribution in [0.2, 0.25) is 0 Å². The van der Waals surface area contributed by atoms with Crippen molar-refractivity contribution in [1.82, 2.24) is 14.6 Å². The predicted octanol–water partition coefficient (Wildman–Crippen LogP) is 2.07. The van der Waals surface area contributed by atoms with Gasteiger partial charge in [0, 0.05) is 17.8 Å². The zero-order chi connectivity index (χ0) is 11.3. The van der Waals surface area contributed by atoms with Crippen LogP contribution in [0, 0.1) is 0 Å². The minimum atomic E-state index is -1.01. The smallest absolute Gasteiger partial charge is 0.342 e. The highest BCUT2D eigenvalue weighted by atomic mass is 79.9. The first kappa shape index (κ1) is 9.77. The third kappa shape index (κ3) is 1.33. The molecule has 0 radical (unpaired) electrons. The van der Waals surface area contributed by atoms with E-state index in [1.54, 1.807) is 10.7 Å². The van der Waals surface area contributed by atoms with Crippen LogP contribution in [0.15, 0.2) is 16.9 Å². The van der Waals surface area contributed by atoms with E-state index in [1.165, 1.54) is 0 Å². The summed E-state index contributed by atoms with van der Waals surface area (Å²) in [5, 5.41) is 13.3. The number of aromatic carboxylic acids is 1. The maximum Gasteiger partial charge on any atom is 0.342 e. The Bertz CT molecular complexity index is 589. The molecule has 0 spiro atoms. The number of carboxylic acid groups (broad SMARTS) is 1. The minimum Gasteiger partial charge on any atom is -0.477 e. The lowest BCUT2D eigenvalue weighted by Gasteiger charge is -2.00. The Morgan fingerprint density at radius 1 is 1.56 bits per heavy atom. The molecule has 0 bridgehead atoms. The van der Waals surface area contributed by atoms with Gasteiger partial charge in [-0.1, -0.05) is 0 Å². The number of halogens is 1. The third-order valence-electron chi connectivity index (χ3n) is 2.71. The summed E-state index contributed by atoms with van der Waals surface area (Å²) in [7, 11) is 0. The lowest BCUT2D eigenvalue weighted by Crippen LogP contribution is -2.01. The fraction of sp³-hybridized carbons (Fsp3) is 0.300. The van der Waals surface area contributed by atoms with Crippen molar-refractivity contribution < 1.29 is 9.90 Å². The van der Waals surface area contributed by atoms with Crippen molar-refractivity contribution in [2.24, 2.45) is 0 Å². The van der Waals surface area contributed by atoms with Crippen LogP contribution in [0.4, 0.5) is 0 Å². The molecule has 3 rings (SSSR count). The molecule has 2 aromatic rings. The zero-order valence-corrected chi connectivity index (χ0v) is 9.81. The molecule has 1 N–H and O–H groups in total. The summed E-state index contributed by atoms with van der Waals surface area (Å²) >= 11 is 3.16. The summed E-state index contributed by atoms with van der Waals surface area (Å²) in [6.07, 6.45) is 3.92. The van der Waals surface area contributed by atoms with Crippen molar-refractivity contribution in [3.8, 4) is 0 Å². The molecule has 6 heteroatoms. The summed E-state index contributed by atoms with van der Waals surface area (Å²) in [5.41, 5.74) is 1.57. The first-order chi connectivity index (χ1) is 7.68. The molecule has 2 heterocycles. The highest BCUT2D eigenvalue weighted by Gasteiger charge is 2.28. The van der Waals surface area contributed by atoms with E-state index in [0.29, 0.717) is 16.2 Å². The molecular weight excluding hydrogens is 274 g/mol. The van der Waals surface area contributed by atoms with Crippen LogP contribution in [-0.2, 0) is 0 Å². The molecule has 0 amide bonds. The van der Waals surface area contributed by atoms with Gasteiger partial charge in [0.1, 0.15) is 10.2 Å². The molecule has 82 valence electrons. The number of nitrogens with zero attached hydrogens (tertiary/aromatic N) is 3. The Kier molecular flexibility index (Phi) is 2.00. The molecule has 1 saturated carbocycles. The van der Waals surface area contributed by atoms with Gasteiger partial charge >= 0.3 is 5.97 Å². The van der Waals surface area contributed by atoms with E-state index in [1.807, 2.05) is 6.07 Å². The van der Waals surface area contributed by atoms with Gasteiger partial charge in [-0.15, -0.1) is 0 Å². The number of hydrogen-bond acceptors (Lipinski definition) is 3. The van der Waals surface area contributed by atoms with Crippen molar-refractivity contribution in [1.29, 1.82) is 0 Å². The van der Waals surface area contributed by atoms with Gasteiger partial charge in [-0.05, 0) is 34.8 Å². The number of fused-ring (bicyclic) bond motifs is 1. The first-order valence-corrected chi connectivity index (χ1v) is 5.74. The summed E-state index contributed by atoms with van der Waals surface area (Å²) in [6.45, 7) is 0. The van der Waals surface area contributed by atoms with Gasteiger partial charge in [0.05, 0.1) is 0 Å². The largest absolute Gasteiger partial charge is 0.477 e. The van der Waals surface area contributed by atoms with E-state index in [-0.39, 0.29) is 5.56 Å². The maximum atomic E-state index is 11.1. The highest BCUT2D eigenvalue weighted by Crippen LogP contribution is 2.40. The van der Waals surface area contributed by atoms with Gasteiger partial charge in [0.15, 0.2) is 5.65 Å². The van der Waals surface area contributed by atoms with Crippen LogP contribution in [0.1, 0.15) is 34.8 Å². The number of aromatic nitrogens is 3. The Balaban J connectivity index is 2.33. The quantitative estimate of drug-likeness (QED) is 0.915. The molecule has 5 nitrogen and oxygen atoms in total. The first-order valence-electron chi connectivity index (χ1n) is 4.95. The lowest BCUT2D eigenvalue weighted by molar-refractivity contribution is 0.0698. The Labute approximate surface area is 99.2 Å². The predicted molar refractivity (Wildman–Crippen MR) is 59.6 cm³/mol. The zero-order valence-electron chi connectivity index (χ0n) is 8.22. The van der Waals surface area contributed by atoms with Gasteiger partial charge in [-0.2, -0.15) is 5.10 Å². The second-order valence-corrected chi connectivity index (χ2v) is 4.60. The second kappa shape index (κ2) is 3.28. The van der Waals surface area contributed by atoms with Crippen molar-refractivity contribution in [3.05, 3.63) is 28.1 Å². The van der Waals surface area contributed by atoms with Gasteiger partial charge in [-0.25, -0.2) is 14.3 Å². The second-order valence-electron chi connectivity index (χ2n) is 3.85. The van der Waals surface area contributed by atoms with Gasteiger partial charge in [0.25, 0.3) is 0 Å². The molecular formula is C10H8BrN3O2. The molecule has 0 saturated heterocycles. The van der Waals surface area contributed by atoms with Crippen LogP contribution < -0.4 is 0 Å². The molecule has 0 aromatic carbocycles. The molecule has 16 heavy (non-hydrogen) atoms. The summed E-state index contributed by atoms with van der Waals surface area (Å²) in [4.78, 5) is 15.2. The normalized spacial score (nSPS) is 15.6. The molecule has 2 aromatic heterocycles. The summed E-state index contributed by atoms with van der Waals surface area (Å²) in [5.74, 6) is -0.513. The fourth-order valence-corrected chi connectivity index (χ4v) is 2.31. The standard InChI is InChI=1S/C10H8BrN3O2/c11-8-7(10(15)16)9-12-4-3-6(5-1-2-5)14(9)13-8/h3-5H,1-2H2,(H,15,16). The average Bonchev–Trinajstić information content (AvgIpc) is 2.99. The van der Waals surface area contributed by atoms with Crippen LogP contribution in [0.25, 0.3) is 5.65 Å². The van der Waals surface area contributed by atoms with Crippen molar-refractivity contribution >= 4 is 27.5 Å². The van der Waals surface area contributed by atoms with Crippen molar-refractivity contribution in [2.75, 3.05) is 0 Å². The number of carboxylic acids is 1. The van der Waals surface area contributed by atoms with Gasteiger partial charge in [-0.3, -0.25) is 0 Å². The van der Waals surface area contributed by atoms with Crippen LogP contribution >= 0.6 is 15.9 Å². The minimum absolute atomic E-state index is 0.127. The van der Waals surface area contributed by atoms with Crippen molar-refractivity contribution in [3.63, 3.8) is 0 Å². The summed E-state index contributed by atoms with van der Waals surface area (Å²) < 4.78 is 1.96. The SMILES string of the molecule is O=C(O)c1c(Br)nn2c(C3CC3)ccnc12. The molecule has 1 aliphatic carbocycles. The fourth-order valence-electron chi connectivity index (χ4n) is 1.81. The number of rotatable bonds is 2. The van der Waals surface area contributed by atoms with E-state index >= 15 is 0 Å². The Hall–Kier alpha value is -1.43. The van der Waals surface area contributed by atoms with Gasteiger partial charge in [0.2, 0.25) is 0 Å². The monoisotopic (exact) mass is 281 g/mol. The molecule has 1 aliphatic rings. The number of hydrogen-bond donors (Lipinski definition) is 1. The lowest BCUT2D eigenvalue weighted by atomic mass is 10.3. The Morgan fingerprint density at radius 3 is 2.94 bits per heavy atom. The number of carbonyl (C=O) groups is 1. The van der Waals surface area contributed by atoms with Crippen molar-refractivity contribution in [2.45, 2.75) is 18.8 Å². The Morgan fingerprint density at radius 2 is 2.31 bits per heavy atom. The van der Waals surface area contributed by atoms with Crippen LogP contribution in [0.3, 0.4) is 0 Å².